The fourth-order valence-corrected chi connectivity index (χ4v) is 4.97. The smallest absolute Gasteiger partial charge is 0.276 e. The van der Waals surface area contributed by atoms with Gasteiger partial charge in [0.1, 0.15) is 0 Å². The fraction of sp³-hybridized carbons (Fsp3) is 0.192. The van der Waals surface area contributed by atoms with E-state index in [9.17, 15) is 18.0 Å². The number of benzene rings is 3. The summed E-state index contributed by atoms with van der Waals surface area (Å²) in [5.41, 5.74) is 0.647. The highest BCUT2D eigenvalue weighted by Crippen LogP contribution is 2.24. The highest BCUT2D eigenvalue weighted by Gasteiger charge is 2.22. The first kappa shape index (κ1) is 24.2. The first-order valence-corrected chi connectivity index (χ1v) is 12.6. The van der Waals surface area contributed by atoms with Crippen molar-refractivity contribution in [2.75, 3.05) is 16.7 Å². The topological polar surface area (TPSA) is 101 Å². The Morgan fingerprint density at radius 1 is 0.971 bits per heavy atom. The lowest BCUT2D eigenvalue weighted by Crippen LogP contribution is -2.29. The van der Waals surface area contributed by atoms with Crippen LogP contribution in [0.15, 0.2) is 88.6 Å². The molecule has 1 heterocycles. The van der Waals surface area contributed by atoms with Crippen molar-refractivity contribution in [3.63, 3.8) is 0 Å². The van der Waals surface area contributed by atoms with Gasteiger partial charge in [0, 0.05) is 24.7 Å². The number of carbonyl (C=O) groups is 1. The highest BCUT2D eigenvalue weighted by atomic mass is 32.2. The van der Waals surface area contributed by atoms with Crippen LogP contribution in [0.3, 0.4) is 0 Å². The van der Waals surface area contributed by atoms with Gasteiger partial charge in [-0.1, -0.05) is 56.3 Å². The zero-order chi connectivity index (χ0) is 25.2. The summed E-state index contributed by atoms with van der Waals surface area (Å²) in [5, 5.41) is 7.91. The molecule has 0 aliphatic heterocycles. The van der Waals surface area contributed by atoms with E-state index in [4.69, 9.17) is 0 Å². The van der Waals surface area contributed by atoms with Crippen LogP contribution in [0.25, 0.3) is 10.8 Å². The molecule has 0 spiro atoms. The molecule has 0 aliphatic carbocycles. The number of hydrogen-bond donors (Lipinski definition) is 1. The fourth-order valence-electron chi connectivity index (χ4n) is 3.73. The summed E-state index contributed by atoms with van der Waals surface area (Å²) in [4.78, 5) is 26.1. The quantitative estimate of drug-likeness (QED) is 0.420. The minimum Gasteiger partial charge on any atom is -0.321 e. The van der Waals surface area contributed by atoms with Gasteiger partial charge in [-0.2, -0.15) is 5.10 Å². The van der Waals surface area contributed by atoms with Gasteiger partial charge in [-0.25, -0.2) is 13.1 Å². The van der Waals surface area contributed by atoms with Crippen molar-refractivity contribution in [3.05, 3.63) is 94.9 Å². The van der Waals surface area contributed by atoms with E-state index < -0.39 is 15.9 Å². The lowest BCUT2D eigenvalue weighted by atomic mass is 10.1. The number of fused-ring (bicyclic) bond motifs is 1. The molecule has 35 heavy (non-hydrogen) atoms. The molecule has 0 fully saturated rings. The van der Waals surface area contributed by atoms with Crippen LogP contribution < -0.4 is 15.2 Å². The first-order chi connectivity index (χ1) is 16.7. The third-order valence-electron chi connectivity index (χ3n) is 5.49. The second-order valence-electron chi connectivity index (χ2n) is 8.57. The van der Waals surface area contributed by atoms with Crippen LogP contribution >= 0.6 is 0 Å². The van der Waals surface area contributed by atoms with E-state index in [1.807, 2.05) is 19.9 Å². The second-order valence-corrected chi connectivity index (χ2v) is 10.5. The van der Waals surface area contributed by atoms with Crippen LogP contribution in [0, 0.1) is 5.92 Å². The molecular formula is C26H26N4O4S. The van der Waals surface area contributed by atoms with Crippen LogP contribution in [0.1, 0.15) is 24.3 Å². The average molecular weight is 491 g/mol. The van der Waals surface area contributed by atoms with Crippen molar-refractivity contribution in [2.45, 2.75) is 25.3 Å². The monoisotopic (exact) mass is 490 g/mol. The summed E-state index contributed by atoms with van der Waals surface area (Å²) >= 11 is 0. The molecule has 9 heteroatoms. The summed E-state index contributed by atoms with van der Waals surface area (Å²) in [5.74, 6) is -0.384. The van der Waals surface area contributed by atoms with Gasteiger partial charge in [-0.3, -0.25) is 13.9 Å². The zero-order valence-electron chi connectivity index (χ0n) is 19.7. The molecular weight excluding hydrogens is 464 g/mol. The van der Waals surface area contributed by atoms with Crippen LogP contribution in [0.5, 0.6) is 0 Å². The summed E-state index contributed by atoms with van der Waals surface area (Å²) in [6, 6.07) is 21.6. The van der Waals surface area contributed by atoms with Crippen LogP contribution in [0.4, 0.5) is 11.4 Å². The van der Waals surface area contributed by atoms with Gasteiger partial charge in [-0.05, 0) is 42.3 Å². The largest absolute Gasteiger partial charge is 0.321 e. The number of para-hydroxylation sites is 1. The third-order valence-corrected chi connectivity index (χ3v) is 7.27. The van der Waals surface area contributed by atoms with Gasteiger partial charge < -0.3 is 5.32 Å². The Labute approximate surface area is 203 Å². The minimum absolute atomic E-state index is 0.0317. The van der Waals surface area contributed by atoms with Crippen LogP contribution in [0.2, 0.25) is 0 Å². The number of amides is 1. The van der Waals surface area contributed by atoms with E-state index >= 15 is 0 Å². The maximum Gasteiger partial charge on any atom is 0.276 e. The van der Waals surface area contributed by atoms with Gasteiger partial charge in [0.25, 0.3) is 21.5 Å². The van der Waals surface area contributed by atoms with Crippen LogP contribution in [-0.2, 0) is 16.6 Å². The second kappa shape index (κ2) is 9.71. The van der Waals surface area contributed by atoms with Gasteiger partial charge in [0.05, 0.1) is 16.0 Å². The van der Waals surface area contributed by atoms with Gasteiger partial charge >= 0.3 is 0 Å². The highest BCUT2D eigenvalue weighted by molar-refractivity contribution is 7.92. The molecule has 3 aromatic carbocycles. The number of nitrogens with one attached hydrogen (secondary N) is 1. The molecule has 4 rings (SSSR count). The standard InChI is InChI=1S/C26H26N4O4S/c1-18(2)17-30-26(32)23-15-8-7-14-22(23)24(28-30)25(31)27-19-10-9-13-21(16-19)35(33,34)29(3)20-11-5-4-6-12-20/h4-16,18H,17H2,1-3H3,(H,27,31). The van der Waals surface area contributed by atoms with Crippen molar-refractivity contribution >= 4 is 38.1 Å². The van der Waals surface area contributed by atoms with Crippen LogP contribution in [-0.4, -0.2) is 31.2 Å². The summed E-state index contributed by atoms with van der Waals surface area (Å²) in [6.07, 6.45) is 0. The van der Waals surface area contributed by atoms with E-state index in [1.54, 1.807) is 60.7 Å². The molecule has 1 N–H and O–H groups in total. The van der Waals surface area contributed by atoms with E-state index in [0.29, 0.717) is 28.7 Å². The zero-order valence-corrected chi connectivity index (χ0v) is 20.5. The van der Waals surface area contributed by atoms with Crippen molar-refractivity contribution in [3.8, 4) is 0 Å². The van der Waals surface area contributed by atoms with Crippen molar-refractivity contribution in [1.29, 1.82) is 0 Å². The molecule has 180 valence electrons. The van der Waals surface area contributed by atoms with E-state index in [-0.39, 0.29) is 22.1 Å². The Morgan fingerprint density at radius 3 is 2.31 bits per heavy atom. The molecule has 4 aromatic rings. The number of carbonyl (C=O) groups excluding carboxylic acids is 1. The van der Waals surface area contributed by atoms with E-state index in [0.717, 1.165) is 0 Å². The maximum absolute atomic E-state index is 13.2. The van der Waals surface area contributed by atoms with E-state index in [2.05, 4.69) is 10.4 Å². The molecule has 0 aliphatic rings. The molecule has 8 nitrogen and oxygen atoms in total. The Bertz CT molecular complexity index is 1550. The van der Waals surface area contributed by atoms with Gasteiger partial charge in [0.15, 0.2) is 5.69 Å². The third kappa shape index (κ3) is 4.95. The van der Waals surface area contributed by atoms with Crippen molar-refractivity contribution in [1.82, 2.24) is 9.78 Å². The molecule has 1 aromatic heterocycles. The summed E-state index contributed by atoms with van der Waals surface area (Å²) < 4.78 is 28.8. The number of aromatic nitrogens is 2. The molecule has 0 atom stereocenters. The predicted octanol–water partition coefficient (Wildman–Crippen LogP) is 4.13. The first-order valence-electron chi connectivity index (χ1n) is 11.1. The number of rotatable bonds is 7. The predicted molar refractivity (Wildman–Crippen MR) is 137 cm³/mol. The van der Waals surface area contributed by atoms with Gasteiger partial charge in [-0.15, -0.1) is 0 Å². The SMILES string of the molecule is CC(C)Cn1nc(C(=O)Nc2cccc(S(=O)(=O)N(C)c3ccccc3)c2)c2ccccc2c1=O. The van der Waals surface area contributed by atoms with Crippen molar-refractivity contribution in [2.24, 2.45) is 5.92 Å². The summed E-state index contributed by atoms with van der Waals surface area (Å²) in [6.45, 7) is 4.28. The molecule has 0 saturated heterocycles. The average Bonchev–Trinajstić information content (AvgIpc) is 2.85. The Morgan fingerprint density at radius 2 is 1.63 bits per heavy atom. The Kier molecular flexibility index (Phi) is 6.70. The molecule has 0 bridgehead atoms. The molecule has 1 amide bonds. The molecule has 0 radical (unpaired) electrons. The van der Waals surface area contributed by atoms with E-state index in [1.165, 1.54) is 28.2 Å². The normalized spacial score (nSPS) is 11.5. The lowest BCUT2D eigenvalue weighted by Gasteiger charge is -2.20. The maximum atomic E-state index is 13.2. The Hall–Kier alpha value is -3.98. The summed E-state index contributed by atoms with van der Waals surface area (Å²) in [7, 11) is -2.38. The molecule has 0 unspecified atom stereocenters. The Balaban J connectivity index is 1.69. The number of anilines is 2. The minimum atomic E-state index is -3.85. The lowest BCUT2D eigenvalue weighted by molar-refractivity contribution is 0.102. The van der Waals surface area contributed by atoms with Crippen molar-refractivity contribution < 1.29 is 13.2 Å². The number of sulfonamides is 1. The number of nitrogens with zero attached hydrogens (tertiary/aromatic N) is 3. The van der Waals surface area contributed by atoms with Gasteiger partial charge in [0.2, 0.25) is 0 Å². The molecule has 0 saturated carbocycles. The number of hydrogen-bond acceptors (Lipinski definition) is 5.